The van der Waals surface area contributed by atoms with E-state index in [1.807, 2.05) is 13.0 Å². The second kappa shape index (κ2) is 3.84. The number of pyridine rings is 1. The first-order valence-electron chi connectivity index (χ1n) is 6.60. The zero-order valence-electron chi connectivity index (χ0n) is 12.1. The summed E-state index contributed by atoms with van der Waals surface area (Å²) >= 11 is 0. The maximum absolute atomic E-state index is 6.10. The summed E-state index contributed by atoms with van der Waals surface area (Å²) in [4.78, 5) is 7.58. The lowest BCUT2D eigenvalue weighted by atomic mass is 9.78. The van der Waals surface area contributed by atoms with Crippen molar-refractivity contribution in [3.63, 3.8) is 0 Å². The molecule has 0 saturated carbocycles. The van der Waals surface area contributed by atoms with Crippen LogP contribution in [0.5, 0.6) is 0 Å². The summed E-state index contributed by atoms with van der Waals surface area (Å²) in [5.74, 6) is 0. The van der Waals surface area contributed by atoms with E-state index in [1.54, 1.807) is 6.20 Å². The highest BCUT2D eigenvalue weighted by atomic mass is 16.7. The van der Waals surface area contributed by atoms with Gasteiger partial charge < -0.3 is 14.3 Å². The summed E-state index contributed by atoms with van der Waals surface area (Å²) in [5.41, 5.74) is 2.36. The van der Waals surface area contributed by atoms with Gasteiger partial charge in [0.05, 0.1) is 11.2 Å². The number of nitrogens with one attached hydrogen (secondary N) is 1. The van der Waals surface area contributed by atoms with E-state index in [0.29, 0.717) is 0 Å². The number of rotatable bonds is 1. The van der Waals surface area contributed by atoms with E-state index in [0.717, 1.165) is 22.2 Å². The van der Waals surface area contributed by atoms with E-state index in [2.05, 4.69) is 43.7 Å². The molecule has 3 rings (SSSR count). The van der Waals surface area contributed by atoms with Crippen molar-refractivity contribution in [3.05, 3.63) is 24.0 Å². The minimum Gasteiger partial charge on any atom is -0.399 e. The summed E-state index contributed by atoms with van der Waals surface area (Å²) in [6.45, 7) is 10.3. The highest BCUT2D eigenvalue weighted by Crippen LogP contribution is 2.36. The number of aromatic nitrogens is 2. The van der Waals surface area contributed by atoms with Crippen LogP contribution in [0.2, 0.25) is 0 Å². The molecule has 5 heteroatoms. The smallest absolute Gasteiger partial charge is 0.399 e. The Morgan fingerprint density at radius 3 is 2.42 bits per heavy atom. The second-order valence-corrected chi connectivity index (χ2v) is 6.20. The highest BCUT2D eigenvalue weighted by molar-refractivity contribution is 6.65. The second-order valence-electron chi connectivity index (χ2n) is 6.20. The standard InChI is InChI=1S/C14H19BN2O2/c1-9-8-10-11(6-7-16-12(10)17-9)15-18-13(2,3)14(4,5)19-15/h6-8H,1-5H3,(H,16,17). The van der Waals surface area contributed by atoms with Crippen molar-refractivity contribution < 1.29 is 9.31 Å². The number of aromatic amines is 1. The number of hydrogen-bond donors (Lipinski definition) is 1. The van der Waals surface area contributed by atoms with Crippen molar-refractivity contribution in [2.75, 3.05) is 0 Å². The Kier molecular flexibility index (Phi) is 2.56. The summed E-state index contributed by atoms with van der Waals surface area (Å²) < 4.78 is 12.2. The van der Waals surface area contributed by atoms with Crippen LogP contribution in [-0.2, 0) is 9.31 Å². The maximum atomic E-state index is 6.10. The number of fused-ring (bicyclic) bond motifs is 1. The van der Waals surface area contributed by atoms with E-state index in [9.17, 15) is 0 Å². The Labute approximate surface area is 113 Å². The number of H-pyrrole nitrogens is 1. The van der Waals surface area contributed by atoms with Crippen molar-refractivity contribution in [1.82, 2.24) is 9.97 Å². The number of nitrogens with zero attached hydrogens (tertiary/aromatic N) is 1. The van der Waals surface area contributed by atoms with E-state index >= 15 is 0 Å². The van der Waals surface area contributed by atoms with Crippen LogP contribution in [0.25, 0.3) is 11.0 Å². The van der Waals surface area contributed by atoms with Crippen LogP contribution in [0, 0.1) is 6.92 Å². The lowest BCUT2D eigenvalue weighted by Crippen LogP contribution is -2.41. The van der Waals surface area contributed by atoms with Gasteiger partial charge in [0.1, 0.15) is 5.65 Å². The molecule has 0 aliphatic carbocycles. The van der Waals surface area contributed by atoms with E-state index in [4.69, 9.17) is 9.31 Å². The van der Waals surface area contributed by atoms with Crippen LogP contribution in [0.4, 0.5) is 0 Å². The molecule has 0 amide bonds. The third kappa shape index (κ3) is 1.88. The molecule has 2 aromatic heterocycles. The molecule has 4 nitrogen and oxygen atoms in total. The van der Waals surface area contributed by atoms with Gasteiger partial charge in [-0.3, -0.25) is 0 Å². The highest BCUT2D eigenvalue weighted by Gasteiger charge is 2.52. The molecule has 1 aliphatic rings. The van der Waals surface area contributed by atoms with Gasteiger partial charge in [-0.25, -0.2) is 4.98 Å². The van der Waals surface area contributed by atoms with Gasteiger partial charge in [-0.15, -0.1) is 0 Å². The minimum absolute atomic E-state index is 0.321. The van der Waals surface area contributed by atoms with Crippen LogP contribution >= 0.6 is 0 Å². The van der Waals surface area contributed by atoms with Crippen molar-refractivity contribution >= 4 is 23.6 Å². The fraction of sp³-hybridized carbons (Fsp3) is 0.500. The molecule has 0 unspecified atom stereocenters. The summed E-state index contributed by atoms with van der Waals surface area (Å²) in [6.07, 6.45) is 1.79. The Bertz CT molecular complexity index is 617. The molecule has 0 spiro atoms. The Balaban J connectivity index is 2.07. The molecule has 19 heavy (non-hydrogen) atoms. The van der Waals surface area contributed by atoms with Crippen molar-refractivity contribution in [1.29, 1.82) is 0 Å². The van der Waals surface area contributed by atoms with Gasteiger partial charge in [0.25, 0.3) is 0 Å². The van der Waals surface area contributed by atoms with Gasteiger partial charge in [-0.2, -0.15) is 0 Å². The van der Waals surface area contributed by atoms with Crippen LogP contribution in [-0.4, -0.2) is 28.3 Å². The summed E-state index contributed by atoms with van der Waals surface area (Å²) in [5, 5.41) is 1.07. The van der Waals surface area contributed by atoms with Crippen LogP contribution in [0.15, 0.2) is 18.3 Å². The first kappa shape index (κ1) is 12.7. The van der Waals surface area contributed by atoms with E-state index in [1.165, 1.54) is 0 Å². The Morgan fingerprint density at radius 1 is 1.16 bits per heavy atom. The third-order valence-corrected chi connectivity index (χ3v) is 4.21. The molecule has 0 atom stereocenters. The molecule has 1 fully saturated rings. The minimum atomic E-state index is -0.342. The van der Waals surface area contributed by atoms with Gasteiger partial charge in [0, 0.05) is 17.3 Å². The summed E-state index contributed by atoms with van der Waals surface area (Å²) in [6, 6.07) is 4.06. The molecular weight excluding hydrogens is 239 g/mol. The van der Waals surface area contributed by atoms with Gasteiger partial charge >= 0.3 is 7.12 Å². The zero-order chi connectivity index (χ0) is 13.8. The van der Waals surface area contributed by atoms with Crippen LogP contribution in [0.3, 0.4) is 0 Å². The Hall–Kier alpha value is -1.33. The van der Waals surface area contributed by atoms with Crippen LogP contribution in [0.1, 0.15) is 33.4 Å². The van der Waals surface area contributed by atoms with E-state index < -0.39 is 0 Å². The van der Waals surface area contributed by atoms with Gasteiger partial charge in [-0.1, -0.05) is 0 Å². The molecule has 100 valence electrons. The molecule has 1 N–H and O–H groups in total. The quantitative estimate of drug-likeness (QED) is 0.797. The van der Waals surface area contributed by atoms with Crippen molar-refractivity contribution in [3.8, 4) is 0 Å². The summed E-state index contributed by atoms with van der Waals surface area (Å²) in [7, 11) is -0.342. The van der Waals surface area contributed by atoms with Gasteiger partial charge in [-0.05, 0) is 52.2 Å². The van der Waals surface area contributed by atoms with Crippen molar-refractivity contribution in [2.24, 2.45) is 0 Å². The van der Waals surface area contributed by atoms with Crippen LogP contribution < -0.4 is 5.46 Å². The molecule has 0 bridgehead atoms. The number of aryl methyl sites for hydroxylation is 1. The van der Waals surface area contributed by atoms with Gasteiger partial charge in [0.15, 0.2) is 0 Å². The van der Waals surface area contributed by atoms with Gasteiger partial charge in [0.2, 0.25) is 0 Å². The molecular formula is C14H19BN2O2. The molecule has 0 radical (unpaired) electrons. The number of hydrogen-bond acceptors (Lipinski definition) is 3. The molecule has 2 aromatic rings. The normalized spacial score (nSPS) is 21.2. The monoisotopic (exact) mass is 258 g/mol. The lowest BCUT2D eigenvalue weighted by Gasteiger charge is -2.32. The fourth-order valence-corrected chi connectivity index (χ4v) is 2.35. The van der Waals surface area contributed by atoms with Crippen molar-refractivity contribution in [2.45, 2.75) is 45.8 Å². The fourth-order valence-electron chi connectivity index (χ4n) is 2.35. The third-order valence-electron chi connectivity index (χ3n) is 4.21. The average Bonchev–Trinajstić information content (AvgIpc) is 2.75. The zero-order valence-corrected chi connectivity index (χ0v) is 12.1. The van der Waals surface area contributed by atoms with E-state index in [-0.39, 0.29) is 18.3 Å². The SMILES string of the molecule is Cc1cc2c(B3OC(C)(C)C(C)(C)O3)ccnc2[nH]1. The largest absolute Gasteiger partial charge is 0.495 e. The predicted molar refractivity (Wildman–Crippen MR) is 76.5 cm³/mol. The Morgan fingerprint density at radius 2 is 1.79 bits per heavy atom. The maximum Gasteiger partial charge on any atom is 0.495 e. The first-order chi connectivity index (χ1) is 8.80. The first-order valence-corrected chi connectivity index (χ1v) is 6.60. The predicted octanol–water partition coefficient (Wildman–Crippen LogP) is 2.17. The molecule has 1 aliphatic heterocycles. The average molecular weight is 258 g/mol. The lowest BCUT2D eigenvalue weighted by molar-refractivity contribution is 0.00578. The molecule has 1 saturated heterocycles. The molecule has 0 aromatic carbocycles. The topological polar surface area (TPSA) is 47.1 Å². The molecule has 3 heterocycles.